The second-order valence-corrected chi connectivity index (χ2v) is 5.39. The molecule has 0 aliphatic rings. The van der Waals surface area contributed by atoms with Gasteiger partial charge in [-0.3, -0.25) is 0 Å². The third kappa shape index (κ3) is 3.84. The molecule has 7 nitrogen and oxygen atoms in total. The Kier molecular flexibility index (Phi) is 4.36. The summed E-state index contributed by atoms with van der Waals surface area (Å²) in [5, 5.41) is 25.5. The monoisotopic (exact) mass is 331 g/mol. The van der Waals surface area contributed by atoms with Crippen molar-refractivity contribution in [3.63, 3.8) is 0 Å². The predicted molar refractivity (Wildman–Crippen MR) is 76.5 cm³/mol. The molecule has 0 aliphatic heterocycles. The molecule has 2 rings (SSSR count). The van der Waals surface area contributed by atoms with Gasteiger partial charge in [-0.25, -0.2) is 4.79 Å². The van der Waals surface area contributed by atoms with Crippen LogP contribution in [0.25, 0.3) is 11.4 Å². The van der Waals surface area contributed by atoms with Gasteiger partial charge in [-0.05, 0) is 25.1 Å². The molecule has 0 saturated heterocycles. The molecule has 1 heterocycles. The molecular formula is C12H11Cl2N3O4. The lowest BCUT2D eigenvalue weighted by atomic mass is 10.1. The molecule has 1 aromatic carbocycles. The Labute approximate surface area is 129 Å². The lowest BCUT2D eigenvalue weighted by molar-refractivity contribution is -0.155. The molecule has 3 N–H and O–H groups in total. The van der Waals surface area contributed by atoms with Crippen LogP contribution < -0.4 is 5.32 Å². The van der Waals surface area contributed by atoms with Gasteiger partial charge in [0, 0.05) is 15.6 Å². The average Bonchev–Trinajstić information content (AvgIpc) is 2.84. The van der Waals surface area contributed by atoms with Crippen LogP contribution in [0.2, 0.25) is 10.0 Å². The van der Waals surface area contributed by atoms with E-state index in [9.17, 15) is 9.90 Å². The molecule has 0 fully saturated rings. The van der Waals surface area contributed by atoms with E-state index in [1.54, 1.807) is 18.2 Å². The number of aliphatic hydroxyl groups is 1. The Bertz CT molecular complexity index is 652. The zero-order chi connectivity index (χ0) is 15.6. The van der Waals surface area contributed by atoms with E-state index in [-0.39, 0.29) is 18.4 Å². The SMILES string of the molecule is CC(O)(CNc1nc(-c2cc(Cl)cc(Cl)c2)no1)C(=O)O. The molecule has 0 spiro atoms. The molecule has 0 saturated carbocycles. The first-order chi connectivity index (χ1) is 9.78. The number of hydrogen-bond acceptors (Lipinski definition) is 6. The maximum Gasteiger partial charge on any atom is 0.337 e. The van der Waals surface area contributed by atoms with Crippen molar-refractivity contribution in [2.24, 2.45) is 0 Å². The topological polar surface area (TPSA) is 108 Å². The van der Waals surface area contributed by atoms with Gasteiger partial charge in [0.15, 0.2) is 5.60 Å². The number of rotatable bonds is 5. The van der Waals surface area contributed by atoms with Gasteiger partial charge < -0.3 is 20.1 Å². The van der Waals surface area contributed by atoms with Gasteiger partial charge in [-0.15, -0.1) is 0 Å². The minimum absolute atomic E-state index is 0.0253. The fourth-order valence-electron chi connectivity index (χ4n) is 1.42. The number of nitrogens with zero attached hydrogens (tertiary/aromatic N) is 2. The zero-order valence-corrected chi connectivity index (χ0v) is 12.3. The van der Waals surface area contributed by atoms with Crippen LogP contribution in [0.3, 0.4) is 0 Å². The maximum atomic E-state index is 10.8. The summed E-state index contributed by atoms with van der Waals surface area (Å²) in [4.78, 5) is 14.8. The number of carbonyl (C=O) groups is 1. The van der Waals surface area contributed by atoms with Gasteiger partial charge in [-0.1, -0.05) is 28.4 Å². The molecule has 1 unspecified atom stereocenters. The van der Waals surface area contributed by atoms with E-state index in [0.717, 1.165) is 6.92 Å². The van der Waals surface area contributed by atoms with Crippen LogP contribution in [0, 0.1) is 0 Å². The highest BCUT2D eigenvalue weighted by atomic mass is 35.5. The normalized spacial score (nSPS) is 13.7. The predicted octanol–water partition coefficient (Wildman–Crippen LogP) is 2.29. The Balaban J connectivity index is 2.13. The highest BCUT2D eigenvalue weighted by Crippen LogP contribution is 2.26. The van der Waals surface area contributed by atoms with Gasteiger partial charge >= 0.3 is 12.0 Å². The Morgan fingerprint density at radius 3 is 2.57 bits per heavy atom. The van der Waals surface area contributed by atoms with Crippen molar-refractivity contribution in [2.75, 3.05) is 11.9 Å². The Morgan fingerprint density at radius 1 is 1.38 bits per heavy atom. The largest absolute Gasteiger partial charge is 0.479 e. The van der Waals surface area contributed by atoms with Gasteiger partial charge in [0.2, 0.25) is 5.82 Å². The molecule has 0 radical (unpaired) electrons. The van der Waals surface area contributed by atoms with E-state index in [0.29, 0.717) is 15.6 Å². The smallest absolute Gasteiger partial charge is 0.337 e. The van der Waals surface area contributed by atoms with Gasteiger partial charge in [0.05, 0.1) is 6.54 Å². The van der Waals surface area contributed by atoms with E-state index < -0.39 is 11.6 Å². The molecular weight excluding hydrogens is 321 g/mol. The van der Waals surface area contributed by atoms with E-state index in [4.69, 9.17) is 32.8 Å². The quantitative estimate of drug-likeness (QED) is 0.771. The van der Waals surface area contributed by atoms with E-state index in [1.807, 2.05) is 0 Å². The number of carboxylic acids is 1. The van der Waals surface area contributed by atoms with Crippen molar-refractivity contribution in [2.45, 2.75) is 12.5 Å². The minimum Gasteiger partial charge on any atom is -0.479 e. The summed E-state index contributed by atoms with van der Waals surface area (Å²) in [6.07, 6.45) is 0. The fourth-order valence-corrected chi connectivity index (χ4v) is 1.94. The molecule has 9 heteroatoms. The molecule has 1 aromatic heterocycles. The van der Waals surface area contributed by atoms with Crippen LogP contribution in [-0.2, 0) is 4.79 Å². The second kappa shape index (κ2) is 5.88. The van der Waals surface area contributed by atoms with Gasteiger partial charge in [-0.2, -0.15) is 4.98 Å². The molecule has 2 aromatic rings. The number of hydrogen-bond donors (Lipinski definition) is 3. The van der Waals surface area contributed by atoms with Crippen molar-refractivity contribution < 1.29 is 19.5 Å². The summed E-state index contributed by atoms with van der Waals surface area (Å²) in [6.45, 7) is 0.858. The number of benzene rings is 1. The van der Waals surface area contributed by atoms with E-state index >= 15 is 0 Å². The summed E-state index contributed by atoms with van der Waals surface area (Å²) in [5.41, 5.74) is -1.40. The fraction of sp³-hybridized carbons (Fsp3) is 0.250. The van der Waals surface area contributed by atoms with Crippen molar-refractivity contribution in [1.82, 2.24) is 10.1 Å². The van der Waals surface area contributed by atoms with Gasteiger partial charge in [0.1, 0.15) is 0 Å². The summed E-state index contributed by atoms with van der Waals surface area (Å²) >= 11 is 11.8. The molecule has 0 aliphatic carbocycles. The second-order valence-electron chi connectivity index (χ2n) is 4.51. The van der Waals surface area contributed by atoms with Crippen molar-refractivity contribution in [3.8, 4) is 11.4 Å². The summed E-state index contributed by atoms with van der Waals surface area (Å²) < 4.78 is 4.91. The molecule has 0 bridgehead atoms. The number of nitrogens with one attached hydrogen (secondary N) is 1. The standard InChI is InChI=1S/C12H11Cl2N3O4/c1-12(20,10(18)19)5-15-11-16-9(17-21-11)6-2-7(13)4-8(14)3-6/h2-4,20H,5H2,1H3,(H,18,19)(H,15,16,17). The van der Waals surface area contributed by atoms with E-state index in [2.05, 4.69) is 15.5 Å². The third-order valence-corrected chi connectivity index (χ3v) is 3.03. The summed E-state index contributed by atoms with van der Waals surface area (Å²) in [7, 11) is 0. The first kappa shape index (κ1) is 15.6. The molecule has 112 valence electrons. The van der Waals surface area contributed by atoms with Crippen LogP contribution in [0.1, 0.15) is 6.92 Å². The van der Waals surface area contributed by atoms with Crippen molar-refractivity contribution in [1.29, 1.82) is 0 Å². The van der Waals surface area contributed by atoms with Crippen LogP contribution in [-0.4, -0.2) is 38.5 Å². The summed E-state index contributed by atoms with van der Waals surface area (Å²) in [6, 6.07) is 4.75. The maximum absolute atomic E-state index is 10.8. The first-order valence-electron chi connectivity index (χ1n) is 5.78. The number of aliphatic carboxylic acids is 1. The molecule has 0 amide bonds. The Morgan fingerprint density at radius 2 is 2.00 bits per heavy atom. The number of aromatic nitrogens is 2. The van der Waals surface area contributed by atoms with Crippen molar-refractivity contribution >= 4 is 35.2 Å². The lowest BCUT2D eigenvalue weighted by Crippen LogP contribution is -2.41. The van der Waals surface area contributed by atoms with Crippen LogP contribution in [0.4, 0.5) is 6.01 Å². The van der Waals surface area contributed by atoms with Crippen molar-refractivity contribution in [3.05, 3.63) is 28.2 Å². The first-order valence-corrected chi connectivity index (χ1v) is 6.53. The van der Waals surface area contributed by atoms with Crippen LogP contribution in [0.15, 0.2) is 22.7 Å². The number of anilines is 1. The highest BCUT2D eigenvalue weighted by molar-refractivity contribution is 6.35. The van der Waals surface area contributed by atoms with Gasteiger partial charge in [0.25, 0.3) is 0 Å². The van der Waals surface area contributed by atoms with Crippen LogP contribution >= 0.6 is 23.2 Å². The summed E-state index contributed by atoms with van der Waals surface area (Å²) in [5.74, 6) is -1.13. The van der Waals surface area contributed by atoms with Crippen LogP contribution in [0.5, 0.6) is 0 Å². The number of carboxylic acid groups (broad SMARTS) is 1. The lowest BCUT2D eigenvalue weighted by Gasteiger charge is -2.16. The Hall–Kier alpha value is -1.83. The highest BCUT2D eigenvalue weighted by Gasteiger charge is 2.30. The third-order valence-electron chi connectivity index (χ3n) is 2.59. The molecule has 21 heavy (non-hydrogen) atoms. The minimum atomic E-state index is -1.95. The average molecular weight is 332 g/mol. The van der Waals surface area contributed by atoms with E-state index in [1.165, 1.54) is 0 Å². The molecule has 1 atom stereocenters. The number of halogens is 2. The zero-order valence-electron chi connectivity index (χ0n) is 10.8.